The van der Waals surface area contributed by atoms with Crippen molar-refractivity contribution in [1.82, 2.24) is 5.43 Å². The van der Waals surface area contributed by atoms with Gasteiger partial charge in [-0.1, -0.05) is 6.92 Å². The molecular formula is C5H12N3NaO2. The van der Waals surface area contributed by atoms with E-state index in [0.29, 0.717) is 0 Å². The van der Waals surface area contributed by atoms with Crippen LogP contribution in [0, 0.1) is 10.4 Å². The summed E-state index contributed by atoms with van der Waals surface area (Å²) in [4.78, 5) is -0.0660. The van der Waals surface area contributed by atoms with Crippen molar-refractivity contribution in [2.75, 3.05) is 0 Å². The fraction of sp³-hybridized carbons (Fsp3) is 1.00. The van der Waals surface area contributed by atoms with Crippen molar-refractivity contribution >= 4 is 0 Å². The molecule has 11 heavy (non-hydrogen) atoms. The van der Waals surface area contributed by atoms with Gasteiger partial charge in [-0.2, -0.15) is 5.43 Å². The van der Waals surface area contributed by atoms with Crippen LogP contribution < -0.4 is 35.0 Å². The van der Waals surface area contributed by atoms with Gasteiger partial charge in [0, 0.05) is 4.97 Å². The molecule has 60 valence electrons. The third-order valence-electron chi connectivity index (χ3n) is 1.36. The average molecular weight is 169 g/mol. The third kappa shape index (κ3) is 6.40. The van der Waals surface area contributed by atoms with Crippen LogP contribution in [-0.4, -0.2) is 10.5 Å². The van der Waals surface area contributed by atoms with Crippen molar-refractivity contribution in [2.45, 2.75) is 32.7 Å². The molecule has 0 heterocycles. The van der Waals surface area contributed by atoms with E-state index in [1.807, 2.05) is 20.8 Å². The molecule has 1 N–H and O–H groups in total. The number of hydrogen-bond acceptors (Lipinski definition) is 3. The Morgan fingerprint density at radius 2 is 2.00 bits per heavy atom. The van der Waals surface area contributed by atoms with E-state index in [2.05, 4.69) is 10.7 Å². The molecule has 0 fully saturated rings. The van der Waals surface area contributed by atoms with Crippen LogP contribution in [0.2, 0.25) is 0 Å². The molecule has 0 aromatic heterocycles. The third-order valence-corrected chi connectivity index (χ3v) is 1.36. The topological polar surface area (TPSA) is 73.5 Å². The van der Waals surface area contributed by atoms with Crippen LogP contribution in [0.4, 0.5) is 0 Å². The Balaban J connectivity index is 0. The van der Waals surface area contributed by atoms with Gasteiger partial charge in [-0.25, -0.2) is 0 Å². The van der Waals surface area contributed by atoms with Crippen molar-refractivity contribution in [3.63, 3.8) is 0 Å². The van der Waals surface area contributed by atoms with Crippen LogP contribution in [0.3, 0.4) is 0 Å². The Bertz CT molecular complexity index is 138. The molecule has 0 aromatic rings. The molecule has 0 unspecified atom stereocenters. The Morgan fingerprint density at radius 3 is 2.27 bits per heavy atom. The molecular weight excluding hydrogens is 157 g/mol. The Labute approximate surface area is 88.3 Å². The SMILES string of the molecule is CCC(C)(C)N/[N+]([O-])=N\[O-].[Na+]. The van der Waals surface area contributed by atoms with Crippen LogP contribution >= 0.6 is 0 Å². The van der Waals surface area contributed by atoms with E-state index >= 15 is 0 Å². The molecule has 0 bridgehead atoms. The molecule has 0 spiro atoms. The van der Waals surface area contributed by atoms with E-state index in [1.165, 1.54) is 0 Å². The first-order chi connectivity index (χ1) is 4.52. The quantitative estimate of drug-likeness (QED) is 0.233. The summed E-state index contributed by atoms with van der Waals surface area (Å²) in [6, 6.07) is 0. The fourth-order valence-electron chi connectivity index (χ4n) is 0.358. The zero-order valence-electron chi connectivity index (χ0n) is 7.42. The average Bonchev–Trinajstić information content (AvgIpc) is 1.87. The van der Waals surface area contributed by atoms with Gasteiger partial charge in [-0.3, -0.25) is 0 Å². The van der Waals surface area contributed by atoms with Gasteiger partial charge in [-0.15, -0.1) is 0 Å². The second kappa shape index (κ2) is 5.62. The van der Waals surface area contributed by atoms with Gasteiger partial charge in [0.2, 0.25) is 0 Å². The minimum Gasteiger partial charge on any atom is -0.737 e. The molecule has 6 heteroatoms. The summed E-state index contributed by atoms with van der Waals surface area (Å²) < 4.78 is 0. The first kappa shape index (κ1) is 13.6. The Hall–Kier alpha value is 0. The van der Waals surface area contributed by atoms with Crippen LogP contribution in [-0.2, 0) is 0 Å². The molecule has 0 radical (unpaired) electrons. The molecule has 0 saturated heterocycles. The maximum absolute atomic E-state index is 10.3. The zero-order chi connectivity index (χ0) is 8.20. The molecule has 5 nitrogen and oxygen atoms in total. The van der Waals surface area contributed by atoms with Crippen molar-refractivity contribution in [2.24, 2.45) is 5.28 Å². The summed E-state index contributed by atoms with van der Waals surface area (Å²) in [5.41, 5.74) is 1.99. The van der Waals surface area contributed by atoms with Crippen LogP contribution in [0.1, 0.15) is 27.2 Å². The van der Waals surface area contributed by atoms with Gasteiger partial charge in [0.15, 0.2) is 0 Å². The molecule has 0 aliphatic carbocycles. The summed E-state index contributed by atoms with van der Waals surface area (Å²) in [5.74, 6) is 0. The molecule has 0 aliphatic rings. The van der Waals surface area contributed by atoms with Gasteiger partial charge in [0.25, 0.3) is 0 Å². The monoisotopic (exact) mass is 169 g/mol. The van der Waals surface area contributed by atoms with E-state index in [0.717, 1.165) is 6.42 Å². The number of nitrogens with zero attached hydrogens (tertiary/aromatic N) is 2. The smallest absolute Gasteiger partial charge is 0.737 e. The fourth-order valence-corrected chi connectivity index (χ4v) is 0.358. The van der Waals surface area contributed by atoms with E-state index in [-0.39, 0.29) is 40.1 Å². The normalized spacial score (nSPS) is 12.1. The molecule has 0 aliphatic heterocycles. The minimum absolute atomic E-state index is 0. The standard InChI is InChI=1S/C5H13N3O2.Na/c1-4-5(2,3)6-8(10)7-9;/h9H,4H2,1-3H3,(H,6,7);/q;+1/p-1. The van der Waals surface area contributed by atoms with Crippen LogP contribution in [0.25, 0.3) is 0 Å². The van der Waals surface area contributed by atoms with E-state index in [1.54, 1.807) is 0 Å². The van der Waals surface area contributed by atoms with E-state index in [9.17, 15) is 10.4 Å². The van der Waals surface area contributed by atoms with Gasteiger partial charge in [-0.05, 0) is 25.5 Å². The predicted octanol–water partition coefficient (Wildman–Crippen LogP) is -1.86. The number of nitrogens with one attached hydrogen (secondary N) is 1. The molecule has 0 saturated carbocycles. The summed E-state index contributed by atoms with van der Waals surface area (Å²) in [5, 5.41) is 22.1. The number of hydrazine groups is 1. The van der Waals surface area contributed by atoms with Crippen LogP contribution in [0.5, 0.6) is 0 Å². The van der Waals surface area contributed by atoms with Gasteiger partial charge < -0.3 is 10.4 Å². The number of rotatable bonds is 3. The minimum atomic E-state index is -0.365. The second-order valence-corrected chi connectivity index (χ2v) is 2.70. The first-order valence-electron chi connectivity index (χ1n) is 3.10. The maximum atomic E-state index is 10.3. The van der Waals surface area contributed by atoms with Gasteiger partial charge in [0.1, 0.15) is 0 Å². The van der Waals surface area contributed by atoms with Crippen molar-refractivity contribution < 1.29 is 34.5 Å². The number of hydrogen-bond donors (Lipinski definition) is 1. The molecule has 0 atom stereocenters. The summed E-state index contributed by atoms with van der Waals surface area (Å²) in [6.45, 7) is 5.53. The van der Waals surface area contributed by atoms with Crippen LogP contribution in [0.15, 0.2) is 5.28 Å². The largest absolute Gasteiger partial charge is 1.00 e. The second-order valence-electron chi connectivity index (χ2n) is 2.70. The van der Waals surface area contributed by atoms with Crippen molar-refractivity contribution in [3.8, 4) is 0 Å². The Morgan fingerprint density at radius 1 is 1.55 bits per heavy atom. The van der Waals surface area contributed by atoms with Gasteiger partial charge in [0.05, 0.1) is 5.54 Å². The molecule has 0 rings (SSSR count). The van der Waals surface area contributed by atoms with Crippen molar-refractivity contribution in [3.05, 3.63) is 10.4 Å². The predicted molar refractivity (Wildman–Crippen MR) is 36.9 cm³/mol. The van der Waals surface area contributed by atoms with E-state index in [4.69, 9.17) is 0 Å². The van der Waals surface area contributed by atoms with Gasteiger partial charge >= 0.3 is 29.6 Å². The summed E-state index contributed by atoms with van der Waals surface area (Å²) in [7, 11) is 0. The van der Waals surface area contributed by atoms with Crippen molar-refractivity contribution in [1.29, 1.82) is 0 Å². The van der Waals surface area contributed by atoms with E-state index < -0.39 is 0 Å². The summed E-state index contributed by atoms with van der Waals surface area (Å²) >= 11 is 0. The summed E-state index contributed by atoms with van der Waals surface area (Å²) in [6.07, 6.45) is 0.751. The zero-order valence-corrected chi connectivity index (χ0v) is 9.42. The molecule has 0 aromatic carbocycles. The maximum Gasteiger partial charge on any atom is 1.00 e. The first-order valence-corrected chi connectivity index (χ1v) is 3.10. The Kier molecular flexibility index (Phi) is 6.94. The molecule has 0 amide bonds.